The van der Waals surface area contributed by atoms with Crippen LogP contribution in [0.5, 0.6) is 0 Å². The number of rotatable bonds is 3. The normalized spacial score (nSPS) is 33.2. The average Bonchev–Trinajstić information content (AvgIpc) is 2.71. The van der Waals surface area contributed by atoms with Gasteiger partial charge in [0.15, 0.2) is 0 Å². The fraction of sp³-hybridized carbons (Fsp3) is 1.00. The molecule has 0 spiro atoms. The summed E-state index contributed by atoms with van der Waals surface area (Å²) in [6.45, 7) is 2.30. The predicted molar refractivity (Wildman–Crippen MR) is 65.2 cm³/mol. The SMILES string of the molecule is CCC(N)C(N1CCC2CCCCC21)C(F)(F)F. The number of hydrogen-bond acceptors (Lipinski definition) is 2. The third-order valence-electron chi connectivity index (χ3n) is 4.62. The van der Waals surface area contributed by atoms with Crippen molar-refractivity contribution in [3.05, 3.63) is 0 Å². The molecule has 2 N–H and O–H groups in total. The lowest BCUT2D eigenvalue weighted by atomic mass is 9.84. The lowest BCUT2D eigenvalue weighted by Gasteiger charge is -2.40. The molecule has 0 bridgehead atoms. The Morgan fingerprint density at radius 1 is 1.22 bits per heavy atom. The first-order valence-electron chi connectivity index (χ1n) is 7.03. The second-order valence-electron chi connectivity index (χ2n) is 5.70. The average molecular weight is 264 g/mol. The largest absolute Gasteiger partial charge is 0.405 e. The van der Waals surface area contributed by atoms with E-state index in [1.165, 1.54) is 6.42 Å². The van der Waals surface area contributed by atoms with Crippen molar-refractivity contribution in [2.45, 2.75) is 69.8 Å². The van der Waals surface area contributed by atoms with Gasteiger partial charge in [0, 0.05) is 12.1 Å². The van der Waals surface area contributed by atoms with E-state index in [1.54, 1.807) is 11.8 Å². The molecule has 1 saturated heterocycles. The van der Waals surface area contributed by atoms with Crippen LogP contribution < -0.4 is 5.73 Å². The van der Waals surface area contributed by atoms with Crippen LogP contribution in [0.4, 0.5) is 13.2 Å². The van der Waals surface area contributed by atoms with E-state index in [-0.39, 0.29) is 6.04 Å². The molecule has 2 rings (SSSR count). The maximum Gasteiger partial charge on any atom is 0.405 e. The molecule has 1 heterocycles. The fourth-order valence-corrected chi connectivity index (χ4v) is 3.69. The van der Waals surface area contributed by atoms with Gasteiger partial charge in [-0.1, -0.05) is 19.8 Å². The van der Waals surface area contributed by atoms with Gasteiger partial charge in [0.25, 0.3) is 0 Å². The zero-order valence-electron chi connectivity index (χ0n) is 10.9. The molecule has 0 aromatic carbocycles. The lowest BCUT2D eigenvalue weighted by molar-refractivity contribution is -0.193. The molecule has 5 heteroatoms. The third kappa shape index (κ3) is 2.67. The first kappa shape index (κ1) is 14.1. The quantitative estimate of drug-likeness (QED) is 0.849. The van der Waals surface area contributed by atoms with Crippen molar-refractivity contribution < 1.29 is 13.2 Å². The molecule has 4 atom stereocenters. The number of likely N-dealkylation sites (tertiary alicyclic amines) is 1. The van der Waals surface area contributed by atoms with Crippen LogP contribution in [0.15, 0.2) is 0 Å². The van der Waals surface area contributed by atoms with E-state index in [4.69, 9.17) is 5.73 Å². The molecule has 2 nitrogen and oxygen atoms in total. The van der Waals surface area contributed by atoms with E-state index in [0.29, 0.717) is 18.9 Å². The van der Waals surface area contributed by atoms with E-state index < -0.39 is 18.3 Å². The molecule has 4 unspecified atom stereocenters. The molecular weight excluding hydrogens is 241 g/mol. The van der Waals surface area contributed by atoms with Crippen LogP contribution >= 0.6 is 0 Å². The molecule has 2 aliphatic rings. The minimum Gasteiger partial charge on any atom is -0.326 e. The van der Waals surface area contributed by atoms with Crippen molar-refractivity contribution >= 4 is 0 Å². The molecule has 2 fully saturated rings. The van der Waals surface area contributed by atoms with E-state index in [2.05, 4.69) is 0 Å². The number of nitrogens with zero attached hydrogens (tertiary/aromatic N) is 1. The Labute approximate surface area is 107 Å². The van der Waals surface area contributed by atoms with Crippen LogP contribution in [0, 0.1) is 5.92 Å². The summed E-state index contributed by atoms with van der Waals surface area (Å²) in [5.74, 6) is 0.465. The van der Waals surface area contributed by atoms with Crippen molar-refractivity contribution in [3.8, 4) is 0 Å². The number of fused-ring (bicyclic) bond motifs is 1. The highest BCUT2D eigenvalue weighted by atomic mass is 19.4. The summed E-state index contributed by atoms with van der Waals surface area (Å²) in [5.41, 5.74) is 5.74. The van der Waals surface area contributed by atoms with Crippen molar-refractivity contribution in [2.24, 2.45) is 11.7 Å². The van der Waals surface area contributed by atoms with Crippen LogP contribution in [-0.2, 0) is 0 Å². The minimum absolute atomic E-state index is 0.114. The second-order valence-corrected chi connectivity index (χ2v) is 5.70. The highest BCUT2D eigenvalue weighted by Crippen LogP contribution is 2.41. The number of nitrogens with two attached hydrogens (primary N) is 1. The minimum atomic E-state index is -4.21. The maximum absolute atomic E-state index is 13.2. The van der Waals surface area contributed by atoms with Gasteiger partial charge in [-0.2, -0.15) is 13.2 Å². The van der Waals surface area contributed by atoms with E-state index >= 15 is 0 Å². The monoisotopic (exact) mass is 264 g/mol. The Balaban J connectivity index is 2.15. The highest BCUT2D eigenvalue weighted by Gasteiger charge is 2.51. The van der Waals surface area contributed by atoms with E-state index in [9.17, 15) is 13.2 Å². The summed E-state index contributed by atoms with van der Waals surface area (Å²) in [5, 5.41) is 0. The molecule has 1 saturated carbocycles. The standard InChI is InChI=1S/C13H23F3N2/c1-2-10(17)12(13(14,15)16)18-8-7-9-5-3-4-6-11(9)18/h9-12H,2-8,17H2,1H3. The number of alkyl halides is 3. The Hall–Kier alpha value is -0.290. The molecule has 0 radical (unpaired) electrons. The smallest absolute Gasteiger partial charge is 0.326 e. The van der Waals surface area contributed by atoms with Crippen LogP contribution in [0.25, 0.3) is 0 Å². The van der Waals surface area contributed by atoms with Crippen molar-refractivity contribution in [2.75, 3.05) is 6.54 Å². The summed E-state index contributed by atoms with van der Waals surface area (Å²) in [6.07, 6.45) is 1.31. The van der Waals surface area contributed by atoms with Gasteiger partial charge in [-0.3, -0.25) is 4.90 Å². The summed E-state index contributed by atoms with van der Waals surface area (Å²) in [4.78, 5) is 1.66. The summed E-state index contributed by atoms with van der Waals surface area (Å²) in [7, 11) is 0. The summed E-state index contributed by atoms with van der Waals surface area (Å²) >= 11 is 0. The molecular formula is C13H23F3N2. The summed E-state index contributed by atoms with van der Waals surface area (Å²) < 4.78 is 39.7. The van der Waals surface area contributed by atoms with Crippen LogP contribution in [0.1, 0.15) is 45.4 Å². The zero-order valence-corrected chi connectivity index (χ0v) is 10.9. The Morgan fingerprint density at radius 2 is 1.89 bits per heavy atom. The van der Waals surface area contributed by atoms with Crippen LogP contribution in [-0.4, -0.2) is 35.7 Å². The van der Waals surface area contributed by atoms with Gasteiger partial charge in [0.1, 0.15) is 6.04 Å². The number of hydrogen-bond donors (Lipinski definition) is 1. The second kappa shape index (κ2) is 5.37. The summed E-state index contributed by atoms with van der Waals surface area (Å²) in [6, 6.07) is -2.13. The van der Waals surface area contributed by atoms with Gasteiger partial charge < -0.3 is 5.73 Å². The molecule has 106 valence electrons. The van der Waals surface area contributed by atoms with E-state index in [1.807, 2.05) is 0 Å². The van der Waals surface area contributed by atoms with Crippen LogP contribution in [0.2, 0.25) is 0 Å². The maximum atomic E-state index is 13.2. The first-order chi connectivity index (χ1) is 8.45. The highest BCUT2D eigenvalue weighted by molar-refractivity contribution is 4.98. The molecule has 1 aliphatic carbocycles. The van der Waals surface area contributed by atoms with Crippen LogP contribution in [0.3, 0.4) is 0 Å². The zero-order chi connectivity index (χ0) is 13.3. The Kier molecular flexibility index (Phi) is 4.22. The van der Waals surface area contributed by atoms with Gasteiger partial charge in [-0.15, -0.1) is 0 Å². The van der Waals surface area contributed by atoms with Crippen molar-refractivity contribution in [3.63, 3.8) is 0 Å². The molecule has 0 aromatic rings. The molecule has 0 aromatic heterocycles. The predicted octanol–water partition coefficient (Wildman–Crippen LogP) is 2.92. The first-order valence-corrected chi connectivity index (χ1v) is 7.03. The molecule has 1 aliphatic heterocycles. The van der Waals surface area contributed by atoms with Crippen molar-refractivity contribution in [1.82, 2.24) is 4.90 Å². The molecule has 0 amide bonds. The van der Waals surface area contributed by atoms with Gasteiger partial charge in [0.05, 0.1) is 0 Å². The van der Waals surface area contributed by atoms with Crippen molar-refractivity contribution in [1.29, 1.82) is 0 Å². The third-order valence-corrected chi connectivity index (χ3v) is 4.62. The van der Waals surface area contributed by atoms with Gasteiger partial charge >= 0.3 is 6.18 Å². The van der Waals surface area contributed by atoms with Gasteiger partial charge in [0.2, 0.25) is 0 Å². The lowest BCUT2D eigenvalue weighted by Crippen LogP contribution is -2.58. The Morgan fingerprint density at radius 3 is 2.50 bits per heavy atom. The van der Waals surface area contributed by atoms with E-state index in [0.717, 1.165) is 25.7 Å². The topological polar surface area (TPSA) is 29.3 Å². The van der Waals surface area contributed by atoms with Gasteiger partial charge in [-0.05, 0) is 38.1 Å². The Bertz CT molecular complexity index is 280. The van der Waals surface area contributed by atoms with Gasteiger partial charge in [-0.25, -0.2) is 0 Å². The molecule has 18 heavy (non-hydrogen) atoms. The number of halogens is 3. The fourth-order valence-electron chi connectivity index (χ4n) is 3.69.